The number of pyridine rings is 1. The van der Waals surface area contributed by atoms with Crippen molar-refractivity contribution in [3.05, 3.63) is 63.6 Å². The van der Waals surface area contributed by atoms with Gasteiger partial charge in [0.05, 0.1) is 22.4 Å². The number of rotatable bonds is 3. The first-order chi connectivity index (χ1) is 9.04. The summed E-state index contributed by atoms with van der Waals surface area (Å²) in [6.07, 6.45) is 0.952. The molecule has 2 aromatic rings. The van der Waals surface area contributed by atoms with E-state index in [1.807, 2.05) is 0 Å². The lowest BCUT2D eigenvalue weighted by Gasteiger charge is -2.17. The Morgan fingerprint density at radius 2 is 1.89 bits per heavy atom. The second-order valence-corrected chi connectivity index (χ2v) is 4.61. The van der Waals surface area contributed by atoms with Gasteiger partial charge in [0.1, 0.15) is 17.5 Å². The minimum Gasteiger partial charge on any atom is -0.271 e. The number of halogens is 4. The molecule has 1 heterocycles. The number of aromatic nitrogens is 1. The highest BCUT2D eigenvalue weighted by Gasteiger charge is 2.23. The fourth-order valence-electron chi connectivity index (χ4n) is 1.68. The fourth-order valence-corrected chi connectivity index (χ4v) is 2.03. The van der Waals surface area contributed by atoms with Gasteiger partial charge in [0.2, 0.25) is 0 Å². The molecular weight excluding hydrogens is 323 g/mol. The number of hydrogen-bond acceptors (Lipinski definition) is 3. The number of nitrogens with two attached hydrogens (primary N) is 1. The third-order valence-electron chi connectivity index (χ3n) is 2.58. The third-order valence-corrected chi connectivity index (χ3v) is 3.19. The van der Waals surface area contributed by atoms with E-state index in [1.165, 1.54) is 12.1 Å². The molecule has 0 aliphatic carbocycles. The Morgan fingerprint density at radius 1 is 1.16 bits per heavy atom. The van der Waals surface area contributed by atoms with Gasteiger partial charge >= 0.3 is 0 Å². The summed E-state index contributed by atoms with van der Waals surface area (Å²) < 4.78 is 40.7. The SMILES string of the molecule is NNC(c1ccc(F)cn1)c1c(F)ccc(Br)c1F. The summed E-state index contributed by atoms with van der Waals surface area (Å²) in [5.74, 6) is 3.23. The summed E-state index contributed by atoms with van der Waals surface area (Å²) >= 11 is 2.97. The van der Waals surface area contributed by atoms with Crippen LogP contribution in [0.4, 0.5) is 13.2 Å². The van der Waals surface area contributed by atoms with Gasteiger partial charge in [-0.15, -0.1) is 0 Å². The monoisotopic (exact) mass is 331 g/mol. The van der Waals surface area contributed by atoms with Crippen molar-refractivity contribution in [2.24, 2.45) is 5.84 Å². The normalized spacial score (nSPS) is 12.5. The summed E-state index contributed by atoms with van der Waals surface area (Å²) in [5, 5.41) is 0. The van der Waals surface area contributed by atoms with Crippen LogP contribution in [-0.2, 0) is 0 Å². The number of benzene rings is 1. The zero-order chi connectivity index (χ0) is 14.0. The topological polar surface area (TPSA) is 50.9 Å². The minimum absolute atomic E-state index is 0.103. The molecule has 3 N–H and O–H groups in total. The zero-order valence-electron chi connectivity index (χ0n) is 9.50. The lowest BCUT2D eigenvalue weighted by molar-refractivity contribution is 0.501. The Bertz CT molecular complexity index is 590. The number of hydrogen-bond donors (Lipinski definition) is 2. The van der Waals surface area contributed by atoms with Crippen LogP contribution in [0.25, 0.3) is 0 Å². The summed E-state index contributed by atoms with van der Waals surface area (Å²) in [4.78, 5) is 3.77. The van der Waals surface area contributed by atoms with Gasteiger partial charge in [-0.25, -0.2) is 18.6 Å². The van der Waals surface area contributed by atoms with E-state index in [4.69, 9.17) is 5.84 Å². The van der Waals surface area contributed by atoms with E-state index >= 15 is 0 Å². The quantitative estimate of drug-likeness (QED) is 0.516. The number of nitrogens with one attached hydrogen (secondary N) is 1. The van der Waals surface area contributed by atoms with E-state index in [-0.39, 0.29) is 15.7 Å². The van der Waals surface area contributed by atoms with Gasteiger partial charge in [0.15, 0.2) is 0 Å². The molecule has 0 saturated heterocycles. The molecular formula is C12H9BrF3N3. The van der Waals surface area contributed by atoms with Crippen molar-refractivity contribution in [3.8, 4) is 0 Å². The first-order valence-corrected chi connectivity index (χ1v) is 6.05. The molecule has 1 aromatic heterocycles. The Labute approximate surface area is 115 Å². The van der Waals surface area contributed by atoms with Gasteiger partial charge in [-0.2, -0.15) is 0 Å². The average molecular weight is 332 g/mol. The van der Waals surface area contributed by atoms with Gasteiger partial charge in [-0.05, 0) is 40.2 Å². The Morgan fingerprint density at radius 3 is 2.47 bits per heavy atom. The highest BCUT2D eigenvalue weighted by Crippen LogP contribution is 2.29. The van der Waals surface area contributed by atoms with Crippen LogP contribution in [0.2, 0.25) is 0 Å². The van der Waals surface area contributed by atoms with Crippen molar-refractivity contribution in [1.82, 2.24) is 10.4 Å². The van der Waals surface area contributed by atoms with Gasteiger partial charge in [0, 0.05) is 5.56 Å². The first-order valence-electron chi connectivity index (χ1n) is 5.25. The zero-order valence-corrected chi connectivity index (χ0v) is 11.1. The summed E-state index contributed by atoms with van der Waals surface area (Å²) in [6.45, 7) is 0. The molecule has 0 saturated carbocycles. The standard InChI is InChI=1S/C12H9BrF3N3/c13-7-2-3-8(15)10(11(7)16)12(19-17)9-4-1-6(14)5-18-9/h1-5,12,19H,17H2. The summed E-state index contributed by atoms with van der Waals surface area (Å²) in [6, 6.07) is 3.79. The van der Waals surface area contributed by atoms with Crippen molar-refractivity contribution in [1.29, 1.82) is 0 Å². The van der Waals surface area contributed by atoms with Crippen LogP contribution in [0.15, 0.2) is 34.9 Å². The molecule has 2 rings (SSSR count). The highest BCUT2D eigenvalue weighted by atomic mass is 79.9. The van der Waals surface area contributed by atoms with Crippen molar-refractivity contribution >= 4 is 15.9 Å². The Balaban J connectivity index is 2.54. The lowest BCUT2D eigenvalue weighted by Crippen LogP contribution is -2.31. The molecule has 0 fully saturated rings. The largest absolute Gasteiger partial charge is 0.271 e. The molecule has 100 valence electrons. The molecule has 0 aliphatic heterocycles. The van der Waals surface area contributed by atoms with E-state index in [9.17, 15) is 13.2 Å². The molecule has 3 nitrogen and oxygen atoms in total. The maximum absolute atomic E-state index is 14.0. The number of hydrazine groups is 1. The first kappa shape index (κ1) is 14.0. The molecule has 0 aliphatic rings. The van der Waals surface area contributed by atoms with Crippen LogP contribution in [0.3, 0.4) is 0 Å². The van der Waals surface area contributed by atoms with E-state index < -0.39 is 23.5 Å². The maximum Gasteiger partial charge on any atom is 0.145 e. The van der Waals surface area contributed by atoms with Crippen molar-refractivity contribution in [3.63, 3.8) is 0 Å². The van der Waals surface area contributed by atoms with Gasteiger partial charge in [-0.3, -0.25) is 10.8 Å². The molecule has 0 amide bonds. The molecule has 19 heavy (non-hydrogen) atoms. The second-order valence-electron chi connectivity index (χ2n) is 3.76. The molecule has 7 heteroatoms. The summed E-state index contributed by atoms with van der Waals surface area (Å²) in [7, 11) is 0. The Hall–Kier alpha value is -1.44. The third kappa shape index (κ3) is 2.78. The molecule has 1 atom stereocenters. The van der Waals surface area contributed by atoms with E-state index in [2.05, 4.69) is 26.3 Å². The van der Waals surface area contributed by atoms with Crippen molar-refractivity contribution in [2.75, 3.05) is 0 Å². The van der Waals surface area contributed by atoms with Crippen molar-refractivity contribution in [2.45, 2.75) is 6.04 Å². The molecule has 1 aromatic carbocycles. The Kier molecular flexibility index (Phi) is 4.18. The fraction of sp³-hybridized carbons (Fsp3) is 0.0833. The van der Waals surface area contributed by atoms with Crippen LogP contribution in [0, 0.1) is 17.5 Å². The van der Waals surface area contributed by atoms with Crippen molar-refractivity contribution < 1.29 is 13.2 Å². The van der Waals surface area contributed by atoms with E-state index in [0.29, 0.717) is 0 Å². The maximum atomic E-state index is 14.0. The van der Waals surface area contributed by atoms with Crippen LogP contribution in [0.5, 0.6) is 0 Å². The van der Waals surface area contributed by atoms with Crippen LogP contribution in [0.1, 0.15) is 17.3 Å². The molecule has 0 bridgehead atoms. The minimum atomic E-state index is -1.02. The predicted molar refractivity (Wildman–Crippen MR) is 67.4 cm³/mol. The van der Waals surface area contributed by atoms with Gasteiger partial charge in [-0.1, -0.05) is 0 Å². The molecule has 0 spiro atoms. The average Bonchev–Trinajstić information content (AvgIpc) is 2.40. The smallest absolute Gasteiger partial charge is 0.145 e. The molecule has 1 unspecified atom stereocenters. The highest BCUT2D eigenvalue weighted by molar-refractivity contribution is 9.10. The van der Waals surface area contributed by atoms with Gasteiger partial charge < -0.3 is 0 Å². The molecule has 0 radical (unpaired) electrons. The van der Waals surface area contributed by atoms with E-state index in [1.54, 1.807) is 0 Å². The second kappa shape index (κ2) is 5.68. The predicted octanol–water partition coefficient (Wildman–Crippen LogP) is 2.81. The summed E-state index contributed by atoms with van der Waals surface area (Å²) in [5.41, 5.74) is 2.20. The number of nitrogens with zero attached hydrogens (tertiary/aromatic N) is 1. The van der Waals surface area contributed by atoms with E-state index in [0.717, 1.165) is 18.3 Å². The van der Waals surface area contributed by atoms with Crippen LogP contribution in [-0.4, -0.2) is 4.98 Å². The van der Waals surface area contributed by atoms with Gasteiger partial charge in [0.25, 0.3) is 0 Å². The van der Waals surface area contributed by atoms with Crippen LogP contribution >= 0.6 is 15.9 Å². The lowest BCUT2D eigenvalue weighted by atomic mass is 10.0. The van der Waals surface area contributed by atoms with Crippen LogP contribution < -0.4 is 11.3 Å².